The molecule has 0 saturated carbocycles. The fourth-order valence-electron chi connectivity index (χ4n) is 2.48. The lowest BCUT2D eigenvalue weighted by molar-refractivity contribution is 0.0754. The van der Waals surface area contributed by atoms with Crippen LogP contribution in [-0.2, 0) is 6.54 Å². The van der Waals surface area contributed by atoms with Crippen molar-refractivity contribution in [3.05, 3.63) is 83.4 Å². The van der Waals surface area contributed by atoms with Gasteiger partial charge < -0.3 is 9.32 Å². The molecule has 0 fully saturated rings. The van der Waals surface area contributed by atoms with Crippen LogP contribution >= 0.6 is 0 Å². The first-order chi connectivity index (χ1) is 12.1. The van der Waals surface area contributed by atoms with E-state index in [1.807, 2.05) is 0 Å². The minimum Gasteiger partial charge on any atom is -0.451 e. The molecule has 3 aromatic rings. The summed E-state index contributed by atoms with van der Waals surface area (Å²) in [6.07, 6.45) is 0. The summed E-state index contributed by atoms with van der Waals surface area (Å²) in [4.78, 5) is 14.0. The molecule has 1 amide bonds. The van der Waals surface area contributed by atoms with Crippen LogP contribution in [-0.4, -0.2) is 17.9 Å². The molecule has 1 aromatic heterocycles. The molecule has 4 nitrogen and oxygen atoms in total. The van der Waals surface area contributed by atoms with Gasteiger partial charge in [0, 0.05) is 13.6 Å². The Labute approximate surface area is 144 Å². The van der Waals surface area contributed by atoms with E-state index in [2.05, 4.69) is 6.07 Å². The Morgan fingerprint density at radius 2 is 1.84 bits per heavy atom. The first-order valence-corrected chi connectivity index (χ1v) is 7.67. The van der Waals surface area contributed by atoms with E-state index in [0.29, 0.717) is 23.4 Å². The lowest BCUT2D eigenvalue weighted by Crippen LogP contribution is -2.25. The molecule has 0 aliphatic carbocycles. The zero-order valence-corrected chi connectivity index (χ0v) is 13.6. The Balaban J connectivity index is 1.74. The predicted octanol–water partition coefficient (Wildman–Crippen LogP) is 4.23. The van der Waals surface area contributed by atoms with Crippen molar-refractivity contribution in [1.82, 2.24) is 4.90 Å². The maximum Gasteiger partial charge on any atom is 0.289 e. The molecular weight excluding hydrogens is 319 g/mol. The van der Waals surface area contributed by atoms with Crippen LogP contribution in [0.2, 0.25) is 0 Å². The summed E-state index contributed by atoms with van der Waals surface area (Å²) in [5.74, 6) is -0.239. The summed E-state index contributed by atoms with van der Waals surface area (Å²) >= 11 is 0. The highest BCUT2D eigenvalue weighted by molar-refractivity contribution is 5.91. The summed E-state index contributed by atoms with van der Waals surface area (Å²) in [6.45, 7) is 0.375. The molecule has 0 saturated heterocycles. The summed E-state index contributed by atoms with van der Waals surface area (Å²) in [7, 11) is 1.66. The Morgan fingerprint density at radius 1 is 1.12 bits per heavy atom. The number of halogens is 1. The monoisotopic (exact) mass is 334 g/mol. The Morgan fingerprint density at radius 3 is 2.52 bits per heavy atom. The van der Waals surface area contributed by atoms with Crippen molar-refractivity contribution in [2.45, 2.75) is 6.54 Å². The smallest absolute Gasteiger partial charge is 0.289 e. The number of nitrogens with zero attached hydrogens (tertiary/aromatic N) is 2. The van der Waals surface area contributed by atoms with Crippen molar-refractivity contribution in [1.29, 1.82) is 5.26 Å². The van der Waals surface area contributed by atoms with Gasteiger partial charge in [-0.1, -0.05) is 24.3 Å². The second kappa shape index (κ2) is 7.02. The molecule has 5 heteroatoms. The maximum absolute atomic E-state index is 13.8. The van der Waals surface area contributed by atoms with Crippen LogP contribution in [0, 0.1) is 17.1 Å². The van der Waals surface area contributed by atoms with Crippen LogP contribution < -0.4 is 0 Å². The molecule has 0 aliphatic rings. The van der Waals surface area contributed by atoms with Crippen molar-refractivity contribution in [3.8, 4) is 17.4 Å². The number of hydrogen-bond acceptors (Lipinski definition) is 3. The van der Waals surface area contributed by atoms with Gasteiger partial charge in [0.25, 0.3) is 5.91 Å². The van der Waals surface area contributed by atoms with Gasteiger partial charge in [-0.3, -0.25) is 4.79 Å². The van der Waals surface area contributed by atoms with E-state index < -0.39 is 5.82 Å². The maximum atomic E-state index is 13.8. The van der Waals surface area contributed by atoms with Crippen LogP contribution in [0.3, 0.4) is 0 Å². The third-order valence-electron chi connectivity index (χ3n) is 3.81. The SMILES string of the molecule is CN(Cc1ccc(C#N)cc1)C(=O)c1ccc(-c2ccccc2F)o1. The normalized spacial score (nSPS) is 10.3. The highest BCUT2D eigenvalue weighted by atomic mass is 19.1. The summed E-state index contributed by atoms with van der Waals surface area (Å²) < 4.78 is 19.3. The third-order valence-corrected chi connectivity index (χ3v) is 3.81. The summed E-state index contributed by atoms with van der Waals surface area (Å²) in [5.41, 5.74) is 1.78. The molecule has 0 radical (unpaired) electrons. The van der Waals surface area contributed by atoms with Gasteiger partial charge in [0.15, 0.2) is 5.76 Å². The van der Waals surface area contributed by atoms with Gasteiger partial charge in [-0.2, -0.15) is 5.26 Å². The Bertz CT molecular complexity index is 939. The number of furan rings is 1. The van der Waals surface area contributed by atoms with Crippen LogP contribution in [0.25, 0.3) is 11.3 Å². The van der Waals surface area contributed by atoms with Gasteiger partial charge in [-0.05, 0) is 42.0 Å². The average Bonchev–Trinajstić information content (AvgIpc) is 3.12. The molecule has 2 aromatic carbocycles. The number of carbonyl (C=O) groups is 1. The molecular formula is C20H15FN2O2. The fraction of sp³-hybridized carbons (Fsp3) is 0.100. The standard InChI is InChI=1S/C20H15FN2O2/c1-23(13-15-8-6-14(12-22)7-9-15)20(24)19-11-10-18(25-19)16-4-2-3-5-17(16)21/h2-11H,13H2,1H3. The van der Waals surface area contributed by atoms with Gasteiger partial charge in [0.1, 0.15) is 11.6 Å². The largest absolute Gasteiger partial charge is 0.451 e. The number of rotatable bonds is 4. The Kier molecular flexibility index (Phi) is 4.62. The Hall–Kier alpha value is -3.39. The van der Waals surface area contributed by atoms with Gasteiger partial charge in [-0.25, -0.2) is 4.39 Å². The van der Waals surface area contributed by atoms with E-state index in [1.165, 1.54) is 11.0 Å². The van der Waals surface area contributed by atoms with Crippen molar-refractivity contribution < 1.29 is 13.6 Å². The first-order valence-electron chi connectivity index (χ1n) is 7.67. The molecule has 25 heavy (non-hydrogen) atoms. The van der Waals surface area contributed by atoms with Gasteiger partial charge in [-0.15, -0.1) is 0 Å². The first kappa shape index (κ1) is 16.5. The number of hydrogen-bond donors (Lipinski definition) is 0. The van der Waals surface area contributed by atoms with E-state index in [0.717, 1.165) is 5.56 Å². The van der Waals surface area contributed by atoms with Crippen LogP contribution in [0.4, 0.5) is 4.39 Å². The number of benzene rings is 2. The zero-order valence-electron chi connectivity index (χ0n) is 13.6. The van der Waals surface area contributed by atoms with E-state index >= 15 is 0 Å². The lowest BCUT2D eigenvalue weighted by Gasteiger charge is -2.15. The van der Waals surface area contributed by atoms with Crippen molar-refractivity contribution in [3.63, 3.8) is 0 Å². The minimum atomic E-state index is -0.401. The number of amides is 1. The lowest BCUT2D eigenvalue weighted by atomic mass is 10.1. The highest BCUT2D eigenvalue weighted by Crippen LogP contribution is 2.25. The van der Waals surface area contributed by atoms with E-state index in [4.69, 9.17) is 9.68 Å². The number of nitriles is 1. The van der Waals surface area contributed by atoms with Crippen LogP contribution in [0.1, 0.15) is 21.7 Å². The van der Waals surface area contributed by atoms with Crippen LogP contribution in [0.15, 0.2) is 65.1 Å². The van der Waals surface area contributed by atoms with Crippen molar-refractivity contribution in [2.24, 2.45) is 0 Å². The average molecular weight is 334 g/mol. The van der Waals surface area contributed by atoms with E-state index in [9.17, 15) is 9.18 Å². The van der Waals surface area contributed by atoms with E-state index in [-0.39, 0.29) is 11.7 Å². The molecule has 0 bridgehead atoms. The zero-order chi connectivity index (χ0) is 17.8. The van der Waals surface area contributed by atoms with Crippen LogP contribution in [0.5, 0.6) is 0 Å². The molecule has 0 atom stereocenters. The second-order valence-corrected chi connectivity index (χ2v) is 5.61. The van der Waals surface area contributed by atoms with Gasteiger partial charge in [0.05, 0.1) is 17.2 Å². The highest BCUT2D eigenvalue weighted by Gasteiger charge is 2.18. The van der Waals surface area contributed by atoms with Gasteiger partial charge >= 0.3 is 0 Å². The quantitative estimate of drug-likeness (QED) is 0.717. The molecule has 3 rings (SSSR count). The number of carbonyl (C=O) groups excluding carboxylic acids is 1. The van der Waals surface area contributed by atoms with Crippen molar-refractivity contribution in [2.75, 3.05) is 7.05 Å². The molecule has 0 aliphatic heterocycles. The van der Waals surface area contributed by atoms with Crippen molar-refractivity contribution >= 4 is 5.91 Å². The fourth-order valence-corrected chi connectivity index (χ4v) is 2.48. The minimum absolute atomic E-state index is 0.148. The van der Waals surface area contributed by atoms with E-state index in [1.54, 1.807) is 61.6 Å². The molecule has 0 spiro atoms. The predicted molar refractivity (Wildman–Crippen MR) is 91.1 cm³/mol. The second-order valence-electron chi connectivity index (χ2n) is 5.61. The molecule has 124 valence electrons. The molecule has 1 heterocycles. The topological polar surface area (TPSA) is 57.2 Å². The van der Waals surface area contributed by atoms with Gasteiger partial charge in [0.2, 0.25) is 0 Å². The molecule has 0 unspecified atom stereocenters. The summed E-state index contributed by atoms with van der Waals surface area (Å²) in [5, 5.41) is 8.81. The third kappa shape index (κ3) is 3.59. The summed E-state index contributed by atoms with van der Waals surface area (Å²) in [6, 6.07) is 18.4. The molecule has 0 N–H and O–H groups in total.